The molecule has 1 aliphatic rings. The van der Waals surface area contributed by atoms with Crippen molar-refractivity contribution >= 4 is 0 Å². The van der Waals surface area contributed by atoms with E-state index < -0.39 is 0 Å². The summed E-state index contributed by atoms with van der Waals surface area (Å²) in [7, 11) is 0. The van der Waals surface area contributed by atoms with Crippen LogP contribution in [0.4, 0.5) is 0 Å². The van der Waals surface area contributed by atoms with Crippen LogP contribution >= 0.6 is 0 Å². The maximum atomic E-state index is 5.95. The van der Waals surface area contributed by atoms with Gasteiger partial charge in [-0.1, -0.05) is 18.2 Å². The van der Waals surface area contributed by atoms with Crippen molar-refractivity contribution < 1.29 is 4.74 Å². The van der Waals surface area contributed by atoms with Crippen LogP contribution in [0.15, 0.2) is 24.3 Å². The van der Waals surface area contributed by atoms with Crippen molar-refractivity contribution in [2.45, 2.75) is 57.7 Å². The van der Waals surface area contributed by atoms with E-state index in [9.17, 15) is 0 Å². The summed E-state index contributed by atoms with van der Waals surface area (Å²) in [5, 5.41) is 3.72. The number of hydrogen-bond acceptors (Lipinski definition) is 3. The molecule has 0 spiro atoms. The highest BCUT2D eigenvalue weighted by atomic mass is 16.5. The minimum atomic E-state index is 0.321. The van der Waals surface area contributed by atoms with Crippen molar-refractivity contribution in [3.8, 4) is 5.75 Å². The Hall–Kier alpha value is -1.06. The summed E-state index contributed by atoms with van der Waals surface area (Å²) in [4.78, 5) is 0. The molecule has 3 N–H and O–H groups in total. The lowest BCUT2D eigenvalue weighted by molar-refractivity contribution is 0.308. The molecule has 0 heterocycles. The highest BCUT2D eigenvalue weighted by Crippen LogP contribution is 2.27. The van der Waals surface area contributed by atoms with Crippen LogP contribution in [-0.4, -0.2) is 18.7 Å². The average molecular weight is 262 g/mol. The van der Waals surface area contributed by atoms with E-state index in [2.05, 4.69) is 24.4 Å². The molecule has 0 aliphatic heterocycles. The van der Waals surface area contributed by atoms with Crippen LogP contribution in [0.1, 0.15) is 51.1 Å². The number of hydrogen-bond donors (Lipinski definition) is 2. The Bertz CT molecular complexity index is 386. The third-order valence-corrected chi connectivity index (χ3v) is 3.94. The Labute approximate surface area is 116 Å². The number of ether oxygens (including phenoxy) is 1. The molecule has 1 aliphatic carbocycles. The monoisotopic (exact) mass is 262 g/mol. The Morgan fingerprint density at radius 1 is 1.26 bits per heavy atom. The first-order chi connectivity index (χ1) is 9.20. The molecule has 0 amide bonds. The molecule has 3 heteroatoms. The van der Waals surface area contributed by atoms with E-state index in [-0.39, 0.29) is 0 Å². The molecule has 1 atom stereocenters. The predicted molar refractivity (Wildman–Crippen MR) is 79.4 cm³/mol. The van der Waals surface area contributed by atoms with Gasteiger partial charge in [-0.2, -0.15) is 0 Å². The fraction of sp³-hybridized carbons (Fsp3) is 0.625. The maximum absolute atomic E-state index is 5.95. The molecule has 1 fully saturated rings. The lowest BCUT2D eigenvalue weighted by Crippen LogP contribution is -2.38. The number of rotatable bonds is 5. The summed E-state index contributed by atoms with van der Waals surface area (Å²) in [6.45, 7) is 4.95. The zero-order chi connectivity index (χ0) is 13.7. The summed E-state index contributed by atoms with van der Waals surface area (Å²) in [5.41, 5.74) is 7.20. The number of nitrogens with two attached hydrogens (primary N) is 1. The fourth-order valence-corrected chi connectivity index (χ4v) is 2.85. The SMILES string of the molecule is CCOc1ccccc1C(C)NC1CCC(N)CC1. The number of para-hydroxylation sites is 1. The van der Waals surface area contributed by atoms with Crippen LogP contribution in [0, 0.1) is 0 Å². The second-order valence-electron chi connectivity index (χ2n) is 5.47. The number of benzene rings is 1. The molecule has 3 nitrogen and oxygen atoms in total. The van der Waals surface area contributed by atoms with E-state index in [1.54, 1.807) is 0 Å². The quantitative estimate of drug-likeness (QED) is 0.857. The molecule has 19 heavy (non-hydrogen) atoms. The third-order valence-electron chi connectivity index (χ3n) is 3.94. The van der Waals surface area contributed by atoms with Crippen molar-refractivity contribution in [3.05, 3.63) is 29.8 Å². The first-order valence-electron chi connectivity index (χ1n) is 7.44. The van der Waals surface area contributed by atoms with Gasteiger partial charge in [0.25, 0.3) is 0 Å². The lowest BCUT2D eigenvalue weighted by atomic mass is 9.91. The molecule has 2 rings (SSSR count). The molecule has 0 aromatic heterocycles. The van der Waals surface area contributed by atoms with Gasteiger partial charge in [-0.25, -0.2) is 0 Å². The van der Waals surface area contributed by atoms with E-state index in [1.165, 1.54) is 18.4 Å². The van der Waals surface area contributed by atoms with Gasteiger partial charge in [0.15, 0.2) is 0 Å². The lowest BCUT2D eigenvalue weighted by Gasteiger charge is -2.30. The Morgan fingerprint density at radius 2 is 1.95 bits per heavy atom. The molecule has 0 radical (unpaired) electrons. The topological polar surface area (TPSA) is 47.3 Å². The van der Waals surface area contributed by atoms with Gasteiger partial charge in [0.1, 0.15) is 5.75 Å². The van der Waals surface area contributed by atoms with E-state index in [1.807, 2.05) is 19.1 Å². The van der Waals surface area contributed by atoms with Crippen LogP contribution in [0.3, 0.4) is 0 Å². The van der Waals surface area contributed by atoms with Crippen molar-refractivity contribution in [2.75, 3.05) is 6.61 Å². The molecule has 1 aromatic carbocycles. The zero-order valence-corrected chi connectivity index (χ0v) is 12.1. The molecular weight excluding hydrogens is 236 g/mol. The fourth-order valence-electron chi connectivity index (χ4n) is 2.85. The average Bonchev–Trinajstić information content (AvgIpc) is 2.42. The highest BCUT2D eigenvalue weighted by Gasteiger charge is 2.21. The summed E-state index contributed by atoms with van der Waals surface area (Å²) < 4.78 is 5.70. The standard InChI is InChI=1S/C16H26N2O/c1-3-19-16-7-5-4-6-15(16)12(2)18-14-10-8-13(17)9-11-14/h4-7,12-14,18H,3,8-11,17H2,1-2H3. The van der Waals surface area contributed by atoms with Crippen molar-refractivity contribution in [2.24, 2.45) is 5.73 Å². The minimum Gasteiger partial charge on any atom is -0.494 e. The summed E-state index contributed by atoms with van der Waals surface area (Å²) in [6.07, 6.45) is 4.64. The van der Waals surface area contributed by atoms with Gasteiger partial charge < -0.3 is 15.8 Å². The van der Waals surface area contributed by atoms with Crippen molar-refractivity contribution in [3.63, 3.8) is 0 Å². The van der Waals surface area contributed by atoms with Crippen LogP contribution in [-0.2, 0) is 0 Å². The second kappa shape index (κ2) is 6.92. The maximum Gasteiger partial charge on any atom is 0.124 e. The largest absolute Gasteiger partial charge is 0.494 e. The summed E-state index contributed by atoms with van der Waals surface area (Å²) >= 11 is 0. The molecule has 1 unspecified atom stereocenters. The van der Waals surface area contributed by atoms with Gasteiger partial charge in [0.05, 0.1) is 6.61 Å². The van der Waals surface area contributed by atoms with Gasteiger partial charge >= 0.3 is 0 Å². The van der Waals surface area contributed by atoms with E-state index in [0.717, 1.165) is 18.6 Å². The first-order valence-corrected chi connectivity index (χ1v) is 7.44. The highest BCUT2D eigenvalue weighted by molar-refractivity contribution is 5.35. The molecule has 1 saturated carbocycles. The first kappa shape index (κ1) is 14.4. The van der Waals surface area contributed by atoms with Gasteiger partial charge in [-0.15, -0.1) is 0 Å². The molecule has 106 valence electrons. The summed E-state index contributed by atoms with van der Waals surface area (Å²) in [5.74, 6) is 0.998. The Kier molecular flexibility index (Phi) is 5.23. The minimum absolute atomic E-state index is 0.321. The normalized spacial score (nSPS) is 25.0. The van der Waals surface area contributed by atoms with Gasteiger partial charge in [0.2, 0.25) is 0 Å². The predicted octanol–water partition coefficient (Wildman–Crippen LogP) is 3.01. The van der Waals surface area contributed by atoms with E-state index >= 15 is 0 Å². The van der Waals surface area contributed by atoms with Gasteiger partial charge in [-0.05, 0) is 45.6 Å². The molecular formula is C16H26N2O. The Balaban J connectivity index is 1.97. The van der Waals surface area contributed by atoms with Crippen LogP contribution in [0.2, 0.25) is 0 Å². The number of nitrogens with one attached hydrogen (secondary N) is 1. The zero-order valence-electron chi connectivity index (χ0n) is 12.1. The van der Waals surface area contributed by atoms with Crippen molar-refractivity contribution in [1.82, 2.24) is 5.32 Å². The molecule has 0 bridgehead atoms. The smallest absolute Gasteiger partial charge is 0.124 e. The Morgan fingerprint density at radius 3 is 2.63 bits per heavy atom. The van der Waals surface area contributed by atoms with Crippen LogP contribution < -0.4 is 15.8 Å². The van der Waals surface area contributed by atoms with E-state index in [4.69, 9.17) is 10.5 Å². The van der Waals surface area contributed by atoms with Crippen LogP contribution in [0.25, 0.3) is 0 Å². The van der Waals surface area contributed by atoms with Gasteiger partial charge in [-0.3, -0.25) is 0 Å². The van der Waals surface area contributed by atoms with E-state index in [0.29, 0.717) is 24.7 Å². The van der Waals surface area contributed by atoms with Crippen LogP contribution in [0.5, 0.6) is 5.75 Å². The molecule has 1 aromatic rings. The summed E-state index contributed by atoms with van der Waals surface area (Å²) in [6, 6.07) is 9.62. The van der Waals surface area contributed by atoms with Crippen molar-refractivity contribution in [1.29, 1.82) is 0 Å². The molecule has 0 saturated heterocycles. The third kappa shape index (κ3) is 3.95. The van der Waals surface area contributed by atoms with Gasteiger partial charge in [0, 0.05) is 23.7 Å². The second-order valence-corrected chi connectivity index (χ2v) is 5.47.